The van der Waals surface area contributed by atoms with E-state index in [4.69, 9.17) is 4.74 Å². The van der Waals surface area contributed by atoms with Crippen molar-refractivity contribution >= 4 is 12.0 Å². The van der Waals surface area contributed by atoms with E-state index >= 15 is 0 Å². The summed E-state index contributed by atoms with van der Waals surface area (Å²) in [6, 6.07) is 13.4. The van der Waals surface area contributed by atoms with Crippen LogP contribution in [0.25, 0.3) is 0 Å². The van der Waals surface area contributed by atoms with Gasteiger partial charge in [-0.25, -0.2) is 9.59 Å². The summed E-state index contributed by atoms with van der Waals surface area (Å²) >= 11 is 0. The van der Waals surface area contributed by atoms with Crippen LogP contribution in [-0.2, 0) is 22.3 Å². The molecule has 2 heterocycles. The number of nitrogens with one attached hydrogen (secondary N) is 1. The predicted octanol–water partition coefficient (Wildman–Crippen LogP) is 4.43. The van der Waals surface area contributed by atoms with E-state index in [1.165, 1.54) is 22.6 Å². The number of carbonyl (C=O) groups excluding carboxylic acids is 2. The molecule has 2 aliphatic rings. The first-order chi connectivity index (χ1) is 18.2. The van der Waals surface area contributed by atoms with Gasteiger partial charge in [0.1, 0.15) is 0 Å². The molecule has 0 aliphatic carbocycles. The number of halogens is 3. The molecule has 4 rings (SSSR count). The summed E-state index contributed by atoms with van der Waals surface area (Å²) in [5, 5.41) is 2.80. The Kier molecular flexibility index (Phi) is 8.73. The summed E-state index contributed by atoms with van der Waals surface area (Å²) in [6.45, 7) is 8.33. The van der Waals surface area contributed by atoms with Crippen molar-refractivity contribution in [3.05, 3.63) is 82.6 Å². The van der Waals surface area contributed by atoms with Gasteiger partial charge in [-0.05, 0) is 37.1 Å². The number of carbonyl (C=O) groups is 2. The summed E-state index contributed by atoms with van der Waals surface area (Å²) in [7, 11) is 0. The number of hydrogen-bond acceptors (Lipinski definition) is 5. The minimum atomic E-state index is -4.49. The van der Waals surface area contributed by atoms with E-state index in [1.807, 2.05) is 25.1 Å². The number of benzene rings is 2. The fourth-order valence-corrected chi connectivity index (χ4v) is 4.93. The molecule has 2 aromatic carbocycles. The molecular weight excluding hydrogens is 497 g/mol. The Labute approximate surface area is 220 Å². The second-order valence-corrected chi connectivity index (χ2v) is 9.37. The number of amides is 2. The lowest BCUT2D eigenvalue weighted by Gasteiger charge is -2.40. The van der Waals surface area contributed by atoms with E-state index in [9.17, 15) is 22.8 Å². The molecule has 204 valence electrons. The third-order valence-electron chi connectivity index (χ3n) is 6.91. The third-order valence-corrected chi connectivity index (χ3v) is 6.91. The summed E-state index contributed by atoms with van der Waals surface area (Å²) in [4.78, 5) is 32.4. The molecule has 38 heavy (non-hydrogen) atoms. The Hall–Kier alpha value is -3.37. The van der Waals surface area contributed by atoms with Gasteiger partial charge in [0.05, 0.1) is 23.8 Å². The minimum absolute atomic E-state index is 0.133. The van der Waals surface area contributed by atoms with Crippen molar-refractivity contribution < 1.29 is 27.5 Å². The van der Waals surface area contributed by atoms with Gasteiger partial charge in [-0.15, -0.1) is 0 Å². The second kappa shape index (κ2) is 12.0. The topological polar surface area (TPSA) is 65.1 Å². The molecule has 1 N–H and O–H groups in total. The highest BCUT2D eigenvalue weighted by molar-refractivity contribution is 5.95. The number of hydrogen-bond donors (Lipinski definition) is 1. The monoisotopic (exact) mass is 530 g/mol. The molecule has 0 bridgehead atoms. The van der Waals surface area contributed by atoms with Gasteiger partial charge in [0, 0.05) is 51.5 Å². The highest BCUT2D eigenvalue weighted by Crippen LogP contribution is 2.35. The summed E-state index contributed by atoms with van der Waals surface area (Å²) in [5.74, 6) is -0.589. The normalized spacial score (nSPS) is 19.4. The Morgan fingerprint density at radius 1 is 0.947 bits per heavy atom. The molecule has 2 amide bonds. The summed E-state index contributed by atoms with van der Waals surface area (Å²) in [6.07, 6.45) is -4.49. The zero-order valence-electron chi connectivity index (χ0n) is 21.6. The molecule has 0 radical (unpaired) electrons. The van der Waals surface area contributed by atoms with Gasteiger partial charge in [-0.1, -0.05) is 42.5 Å². The molecule has 10 heteroatoms. The van der Waals surface area contributed by atoms with E-state index in [2.05, 4.69) is 27.2 Å². The van der Waals surface area contributed by atoms with Crippen LogP contribution in [0.4, 0.5) is 18.0 Å². The maximum Gasteiger partial charge on any atom is 0.416 e. The standard InChI is InChI=1S/C28H33F3N4O3/c1-3-35-23(19-34-16-14-33(15-17-34)18-20-8-6-5-7-9-20)24(26(36)38-4-2)25(32-27(35)37)21-10-12-22(13-11-21)28(29,30)31/h5-13,25H,3-4,14-19H2,1-2H3,(H,32,37)/t25-/m0/s1. The number of likely N-dealkylation sites (N-methyl/N-ethyl adjacent to an activating group) is 1. The van der Waals surface area contributed by atoms with Gasteiger partial charge in [0.15, 0.2) is 0 Å². The van der Waals surface area contributed by atoms with Crippen LogP contribution in [0.1, 0.15) is 36.6 Å². The van der Waals surface area contributed by atoms with Crippen LogP contribution in [0.15, 0.2) is 65.9 Å². The van der Waals surface area contributed by atoms with Crippen LogP contribution in [0.2, 0.25) is 0 Å². The molecule has 0 unspecified atom stereocenters. The van der Waals surface area contributed by atoms with Gasteiger partial charge >= 0.3 is 18.2 Å². The van der Waals surface area contributed by atoms with Gasteiger partial charge in [0.2, 0.25) is 0 Å². The summed E-state index contributed by atoms with van der Waals surface area (Å²) < 4.78 is 44.7. The van der Waals surface area contributed by atoms with Crippen molar-refractivity contribution in [2.24, 2.45) is 0 Å². The second-order valence-electron chi connectivity index (χ2n) is 9.37. The fraction of sp³-hybridized carbons (Fsp3) is 0.429. The third kappa shape index (κ3) is 6.36. The van der Waals surface area contributed by atoms with Crippen molar-refractivity contribution in [3.8, 4) is 0 Å². The Balaban J connectivity index is 1.60. The van der Waals surface area contributed by atoms with Crippen molar-refractivity contribution in [2.75, 3.05) is 45.9 Å². The molecule has 0 spiro atoms. The Morgan fingerprint density at radius 3 is 2.11 bits per heavy atom. The molecule has 1 saturated heterocycles. The van der Waals surface area contributed by atoms with Crippen molar-refractivity contribution in [2.45, 2.75) is 32.6 Å². The zero-order valence-corrected chi connectivity index (χ0v) is 21.6. The number of esters is 1. The van der Waals surface area contributed by atoms with Gasteiger partial charge in [-0.3, -0.25) is 14.7 Å². The van der Waals surface area contributed by atoms with Crippen molar-refractivity contribution in [3.63, 3.8) is 0 Å². The first-order valence-electron chi connectivity index (χ1n) is 12.8. The lowest BCUT2D eigenvalue weighted by atomic mass is 9.93. The molecule has 2 aromatic rings. The van der Waals surface area contributed by atoms with Crippen LogP contribution in [0.3, 0.4) is 0 Å². The van der Waals surface area contributed by atoms with Crippen LogP contribution >= 0.6 is 0 Å². The average Bonchev–Trinajstić information content (AvgIpc) is 2.90. The van der Waals surface area contributed by atoms with Gasteiger partial charge < -0.3 is 10.1 Å². The molecule has 2 aliphatic heterocycles. The van der Waals surface area contributed by atoms with Crippen molar-refractivity contribution in [1.29, 1.82) is 0 Å². The maximum atomic E-state index is 13.2. The number of alkyl halides is 3. The van der Waals surface area contributed by atoms with E-state index in [1.54, 1.807) is 6.92 Å². The number of ether oxygens (including phenoxy) is 1. The van der Waals surface area contributed by atoms with Crippen LogP contribution in [0.5, 0.6) is 0 Å². The quantitative estimate of drug-likeness (QED) is 0.512. The fourth-order valence-electron chi connectivity index (χ4n) is 4.93. The van der Waals surface area contributed by atoms with Crippen LogP contribution in [-0.4, -0.2) is 72.6 Å². The molecule has 1 atom stereocenters. The SMILES string of the molecule is CCOC(=O)C1=C(CN2CCN(Cc3ccccc3)CC2)N(CC)C(=O)N[C@H]1c1ccc(C(F)(F)F)cc1. The number of piperazine rings is 1. The minimum Gasteiger partial charge on any atom is -0.463 e. The van der Waals surface area contributed by atoms with Crippen LogP contribution in [0, 0.1) is 0 Å². The molecule has 1 fully saturated rings. The number of urea groups is 1. The first kappa shape index (κ1) is 27.7. The molecule has 7 nitrogen and oxygen atoms in total. The summed E-state index contributed by atoms with van der Waals surface area (Å²) in [5.41, 5.74) is 1.61. The highest BCUT2D eigenvalue weighted by Gasteiger charge is 2.39. The van der Waals surface area contributed by atoms with Gasteiger partial charge in [0.25, 0.3) is 0 Å². The number of nitrogens with zero attached hydrogens (tertiary/aromatic N) is 3. The molecule has 0 saturated carbocycles. The lowest BCUT2D eigenvalue weighted by Crippen LogP contribution is -2.53. The molecule has 0 aromatic heterocycles. The number of rotatable bonds is 8. The van der Waals surface area contributed by atoms with Crippen molar-refractivity contribution in [1.82, 2.24) is 20.0 Å². The zero-order chi connectivity index (χ0) is 27.3. The smallest absolute Gasteiger partial charge is 0.416 e. The Morgan fingerprint density at radius 2 is 1.55 bits per heavy atom. The van der Waals surface area contributed by atoms with E-state index in [0.29, 0.717) is 24.4 Å². The maximum absolute atomic E-state index is 13.2. The lowest BCUT2D eigenvalue weighted by molar-refractivity contribution is -0.139. The molecular formula is C28H33F3N4O3. The van der Waals surface area contributed by atoms with E-state index < -0.39 is 29.8 Å². The van der Waals surface area contributed by atoms with Crippen LogP contribution < -0.4 is 5.32 Å². The van der Waals surface area contributed by atoms with Gasteiger partial charge in [-0.2, -0.15) is 13.2 Å². The highest BCUT2D eigenvalue weighted by atomic mass is 19.4. The Bertz CT molecular complexity index is 1140. The van der Waals surface area contributed by atoms with E-state index in [-0.39, 0.29) is 12.2 Å². The predicted molar refractivity (Wildman–Crippen MR) is 137 cm³/mol. The van der Waals surface area contributed by atoms with E-state index in [0.717, 1.165) is 44.9 Å². The first-order valence-corrected chi connectivity index (χ1v) is 12.8. The largest absolute Gasteiger partial charge is 0.463 e. The average molecular weight is 531 g/mol.